The third kappa shape index (κ3) is 1.16. The topological polar surface area (TPSA) is 44.5 Å². The molecule has 2 aliphatic rings. The van der Waals surface area contributed by atoms with Crippen LogP contribution in [-0.2, 0) is 9.47 Å². The second-order valence-electron chi connectivity index (χ2n) is 3.81. The van der Waals surface area contributed by atoms with Gasteiger partial charge < -0.3 is 15.2 Å². The van der Waals surface area contributed by atoms with Gasteiger partial charge in [-0.15, -0.1) is 0 Å². The summed E-state index contributed by atoms with van der Waals surface area (Å²) in [6.45, 7) is 1.55. The van der Waals surface area contributed by atoms with Gasteiger partial charge in [-0.2, -0.15) is 0 Å². The van der Waals surface area contributed by atoms with Crippen molar-refractivity contribution in [2.24, 2.45) is 17.6 Å². The Morgan fingerprint density at radius 3 is 2.58 bits per heavy atom. The van der Waals surface area contributed by atoms with Gasteiger partial charge in [0, 0.05) is 18.9 Å². The average molecular weight is 171 g/mol. The lowest BCUT2D eigenvalue weighted by Crippen LogP contribution is -2.35. The molecule has 0 aliphatic carbocycles. The molecule has 0 aromatic rings. The molecule has 2 heterocycles. The van der Waals surface area contributed by atoms with Gasteiger partial charge in [0.05, 0.1) is 18.8 Å². The van der Waals surface area contributed by atoms with Crippen molar-refractivity contribution in [3.05, 3.63) is 0 Å². The van der Waals surface area contributed by atoms with Crippen LogP contribution in [0.4, 0.5) is 0 Å². The van der Waals surface area contributed by atoms with Crippen molar-refractivity contribution in [3.8, 4) is 0 Å². The molecule has 2 fully saturated rings. The van der Waals surface area contributed by atoms with Crippen molar-refractivity contribution < 1.29 is 9.47 Å². The lowest BCUT2D eigenvalue weighted by molar-refractivity contribution is 0.0684. The van der Waals surface area contributed by atoms with Crippen molar-refractivity contribution in [2.75, 3.05) is 20.3 Å². The molecule has 12 heavy (non-hydrogen) atoms. The minimum Gasteiger partial charge on any atom is -0.384 e. The zero-order valence-corrected chi connectivity index (χ0v) is 7.53. The van der Waals surface area contributed by atoms with Crippen molar-refractivity contribution in [2.45, 2.75) is 25.0 Å². The van der Waals surface area contributed by atoms with E-state index in [0.29, 0.717) is 24.0 Å². The highest BCUT2D eigenvalue weighted by atomic mass is 16.5. The zero-order chi connectivity index (χ0) is 8.55. The molecule has 2 rings (SSSR count). The van der Waals surface area contributed by atoms with E-state index >= 15 is 0 Å². The van der Waals surface area contributed by atoms with E-state index in [2.05, 4.69) is 0 Å². The Labute approximate surface area is 73.2 Å². The van der Waals surface area contributed by atoms with Crippen LogP contribution in [0.1, 0.15) is 12.8 Å². The number of ether oxygens (including phenoxy) is 2. The van der Waals surface area contributed by atoms with E-state index in [9.17, 15) is 0 Å². The fraction of sp³-hybridized carbons (Fsp3) is 1.00. The maximum Gasteiger partial charge on any atom is 0.0634 e. The standard InChI is InChI=1S/C9H17NO2/c1-11-5-7-6(4-10)8-2-3-9(7)12-8/h6-9H,2-5,10H2,1H3. The van der Waals surface area contributed by atoms with Gasteiger partial charge in [-0.05, 0) is 19.4 Å². The molecule has 70 valence electrons. The Bertz CT molecular complexity index is 163. The van der Waals surface area contributed by atoms with Crippen molar-refractivity contribution >= 4 is 0 Å². The van der Waals surface area contributed by atoms with Crippen LogP contribution in [-0.4, -0.2) is 32.5 Å². The van der Waals surface area contributed by atoms with Gasteiger partial charge >= 0.3 is 0 Å². The molecular formula is C9H17NO2. The number of hydrogen-bond acceptors (Lipinski definition) is 3. The van der Waals surface area contributed by atoms with E-state index < -0.39 is 0 Å². The first kappa shape index (κ1) is 8.48. The first-order valence-corrected chi connectivity index (χ1v) is 4.71. The Hall–Kier alpha value is -0.120. The predicted molar refractivity (Wildman–Crippen MR) is 45.8 cm³/mol. The summed E-state index contributed by atoms with van der Waals surface area (Å²) in [7, 11) is 1.75. The molecule has 2 N–H and O–H groups in total. The summed E-state index contributed by atoms with van der Waals surface area (Å²) in [6.07, 6.45) is 3.27. The summed E-state index contributed by atoms with van der Waals surface area (Å²) in [6, 6.07) is 0. The van der Waals surface area contributed by atoms with E-state index in [4.69, 9.17) is 15.2 Å². The van der Waals surface area contributed by atoms with Crippen LogP contribution < -0.4 is 5.73 Å². The van der Waals surface area contributed by atoms with Crippen LogP contribution in [0.5, 0.6) is 0 Å². The Kier molecular flexibility index (Phi) is 2.35. The van der Waals surface area contributed by atoms with E-state index in [1.54, 1.807) is 7.11 Å². The SMILES string of the molecule is COCC1C2CCC(O2)C1CN. The van der Waals surface area contributed by atoms with Crippen LogP contribution in [0.3, 0.4) is 0 Å². The molecule has 3 nitrogen and oxygen atoms in total. The van der Waals surface area contributed by atoms with E-state index in [1.807, 2.05) is 0 Å². The molecule has 0 radical (unpaired) electrons. The van der Waals surface area contributed by atoms with Gasteiger partial charge in [0.2, 0.25) is 0 Å². The zero-order valence-electron chi connectivity index (χ0n) is 7.53. The van der Waals surface area contributed by atoms with Gasteiger partial charge in [0.15, 0.2) is 0 Å². The monoisotopic (exact) mass is 171 g/mol. The second-order valence-corrected chi connectivity index (χ2v) is 3.81. The molecule has 2 saturated heterocycles. The third-order valence-corrected chi connectivity index (χ3v) is 3.22. The highest BCUT2D eigenvalue weighted by Gasteiger charge is 2.47. The fourth-order valence-electron chi connectivity index (χ4n) is 2.62. The molecule has 2 bridgehead atoms. The number of methoxy groups -OCH3 is 1. The molecular weight excluding hydrogens is 154 g/mol. The summed E-state index contributed by atoms with van der Waals surface area (Å²) in [5.41, 5.74) is 5.71. The second kappa shape index (κ2) is 3.32. The summed E-state index contributed by atoms with van der Waals surface area (Å²) in [4.78, 5) is 0. The number of rotatable bonds is 3. The lowest BCUT2D eigenvalue weighted by Gasteiger charge is -2.25. The Morgan fingerprint density at radius 2 is 2.00 bits per heavy atom. The van der Waals surface area contributed by atoms with Crippen LogP contribution in [0, 0.1) is 11.8 Å². The smallest absolute Gasteiger partial charge is 0.0634 e. The van der Waals surface area contributed by atoms with Gasteiger partial charge in [-0.25, -0.2) is 0 Å². The lowest BCUT2D eigenvalue weighted by atomic mass is 9.80. The summed E-state index contributed by atoms with van der Waals surface area (Å²) >= 11 is 0. The van der Waals surface area contributed by atoms with Gasteiger partial charge in [0.1, 0.15) is 0 Å². The van der Waals surface area contributed by atoms with Gasteiger partial charge in [0.25, 0.3) is 0 Å². The van der Waals surface area contributed by atoms with Crippen molar-refractivity contribution in [1.29, 1.82) is 0 Å². The summed E-state index contributed by atoms with van der Waals surface area (Å²) in [5.74, 6) is 1.10. The molecule has 0 saturated carbocycles. The highest BCUT2D eigenvalue weighted by Crippen LogP contribution is 2.42. The maximum atomic E-state index is 5.78. The first-order chi connectivity index (χ1) is 5.86. The minimum atomic E-state index is 0.431. The number of fused-ring (bicyclic) bond motifs is 2. The fourth-order valence-corrected chi connectivity index (χ4v) is 2.62. The molecule has 3 heteroatoms. The van der Waals surface area contributed by atoms with Crippen molar-refractivity contribution in [1.82, 2.24) is 0 Å². The summed E-state index contributed by atoms with van der Waals surface area (Å²) in [5, 5.41) is 0. The molecule has 0 spiro atoms. The normalized spacial score (nSPS) is 45.5. The van der Waals surface area contributed by atoms with Gasteiger partial charge in [-0.3, -0.25) is 0 Å². The summed E-state index contributed by atoms with van der Waals surface area (Å²) < 4.78 is 11.0. The number of hydrogen-bond donors (Lipinski definition) is 1. The Morgan fingerprint density at radius 1 is 1.33 bits per heavy atom. The molecule has 0 aromatic heterocycles. The highest BCUT2D eigenvalue weighted by molar-refractivity contribution is 4.96. The van der Waals surface area contributed by atoms with Crippen LogP contribution in [0.2, 0.25) is 0 Å². The van der Waals surface area contributed by atoms with Crippen LogP contribution >= 0.6 is 0 Å². The first-order valence-electron chi connectivity index (χ1n) is 4.71. The largest absolute Gasteiger partial charge is 0.384 e. The average Bonchev–Trinajstić information content (AvgIpc) is 2.64. The number of nitrogens with two attached hydrogens (primary N) is 1. The van der Waals surface area contributed by atoms with Crippen molar-refractivity contribution in [3.63, 3.8) is 0 Å². The predicted octanol–water partition coefficient (Wildman–Crippen LogP) is 0.385. The van der Waals surface area contributed by atoms with Crippen LogP contribution in [0.25, 0.3) is 0 Å². The van der Waals surface area contributed by atoms with E-state index in [1.165, 1.54) is 12.8 Å². The third-order valence-electron chi connectivity index (χ3n) is 3.22. The van der Waals surface area contributed by atoms with Gasteiger partial charge in [-0.1, -0.05) is 0 Å². The Balaban J connectivity index is 2.01. The van der Waals surface area contributed by atoms with Crippen LogP contribution in [0.15, 0.2) is 0 Å². The minimum absolute atomic E-state index is 0.431. The molecule has 2 aliphatic heterocycles. The van der Waals surface area contributed by atoms with E-state index in [0.717, 1.165) is 13.2 Å². The van der Waals surface area contributed by atoms with E-state index in [-0.39, 0.29) is 0 Å². The molecule has 0 amide bonds. The molecule has 4 atom stereocenters. The molecule has 0 aromatic carbocycles. The molecule has 4 unspecified atom stereocenters. The quantitative estimate of drug-likeness (QED) is 0.668. The maximum absolute atomic E-state index is 5.78.